The Bertz CT molecular complexity index is 1150. The third kappa shape index (κ3) is 3.37. The van der Waals surface area contributed by atoms with Crippen LogP contribution in [0.5, 0.6) is 5.75 Å². The zero-order valence-corrected chi connectivity index (χ0v) is 17.9. The number of rotatable bonds is 4. The number of fused-ring (bicyclic) bond motifs is 2. The van der Waals surface area contributed by atoms with Gasteiger partial charge in [-0.15, -0.1) is 0 Å². The molecule has 4 nitrogen and oxygen atoms in total. The van der Waals surface area contributed by atoms with Crippen molar-refractivity contribution in [2.24, 2.45) is 0 Å². The van der Waals surface area contributed by atoms with E-state index in [9.17, 15) is 21.6 Å². The SMILES string of the molecule is COc1ccc(S2(OS(=O)(=O)C(F)(F)F)c3ccccc3Sc3ccccc32)cc1. The number of methoxy groups -OCH3 is 1. The molecule has 0 aliphatic carbocycles. The van der Waals surface area contributed by atoms with Crippen molar-refractivity contribution < 1.29 is 30.0 Å². The average Bonchev–Trinajstić information content (AvgIpc) is 2.72. The van der Waals surface area contributed by atoms with Crippen molar-refractivity contribution in [1.29, 1.82) is 0 Å². The van der Waals surface area contributed by atoms with Gasteiger partial charge in [-0.05, 0) is 58.8 Å². The van der Waals surface area contributed by atoms with Crippen molar-refractivity contribution in [2.45, 2.75) is 30.0 Å². The Balaban J connectivity index is 2.08. The van der Waals surface area contributed by atoms with Crippen LogP contribution in [0.25, 0.3) is 0 Å². The molecule has 3 aromatic carbocycles. The molecule has 0 radical (unpaired) electrons. The van der Waals surface area contributed by atoms with Gasteiger partial charge in [0, 0.05) is 24.5 Å². The normalized spacial score (nSPS) is 16.3. The molecule has 1 aliphatic heterocycles. The van der Waals surface area contributed by atoms with Crippen LogP contribution < -0.4 is 4.74 Å². The summed E-state index contributed by atoms with van der Waals surface area (Å²) in [5.41, 5.74) is -5.56. The smallest absolute Gasteiger partial charge is 0.497 e. The molecule has 10 heteroatoms. The number of benzene rings is 3. The lowest BCUT2D eigenvalue weighted by Crippen LogP contribution is -2.28. The number of hydrogen-bond donors (Lipinski definition) is 0. The molecule has 0 spiro atoms. The van der Waals surface area contributed by atoms with E-state index < -0.39 is 25.9 Å². The van der Waals surface area contributed by atoms with Crippen molar-refractivity contribution in [3.63, 3.8) is 0 Å². The Labute approximate surface area is 177 Å². The van der Waals surface area contributed by atoms with Gasteiger partial charge in [-0.2, -0.15) is 25.2 Å². The maximum atomic E-state index is 13.4. The molecule has 0 N–H and O–H groups in total. The maximum absolute atomic E-state index is 13.4. The minimum absolute atomic E-state index is 0.316. The highest BCUT2D eigenvalue weighted by molar-refractivity contribution is 8.33. The second-order valence-electron chi connectivity index (χ2n) is 6.20. The summed E-state index contributed by atoms with van der Waals surface area (Å²) >= 11 is 1.36. The van der Waals surface area contributed by atoms with Crippen LogP contribution >= 0.6 is 22.1 Å². The zero-order valence-electron chi connectivity index (χ0n) is 15.4. The number of hydrogen-bond acceptors (Lipinski definition) is 5. The van der Waals surface area contributed by atoms with E-state index in [0.29, 0.717) is 30.2 Å². The second-order valence-corrected chi connectivity index (χ2v) is 11.7. The number of alkyl halides is 3. The highest BCUT2D eigenvalue weighted by atomic mass is 32.3. The van der Waals surface area contributed by atoms with Crippen LogP contribution in [0.4, 0.5) is 13.2 Å². The van der Waals surface area contributed by atoms with Gasteiger partial charge < -0.3 is 4.74 Å². The van der Waals surface area contributed by atoms with E-state index in [1.54, 1.807) is 72.8 Å². The molecule has 158 valence electrons. The number of ether oxygens (including phenoxy) is 1. The van der Waals surface area contributed by atoms with E-state index in [-0.39, 0.29) is 0 Å². The van der Waals surface area contributed by atoms with Crippen molar-refractivity contribution >= 4 is 32.2 Å². The first-order valence-electron chi connectivity index (χ1n) is 8.55. The summed E-state index contributed by atoms with van der Waals surface area (Å²) in [5, 5.41) is 0. The van der Waals surface area contributed by atoms with Crippen molar-refractivity contribution in [3.8, 4) is 5.75 Å². The van der Waals surface area contributed by atoms with Gasteiger partial charge in [0.2, 0.25) is 0 Å². The molecule has 4 rings (SSSR count). The summed E-state index contributed by atoms with van der Waals surface area (Å²) in [6.07, 6.45) is 0. The summed E-state index contributed by atoms with van der Waals surface area (Å²) in [4.78, 5) is 2.38. The average molecular weight is 473 g/mol. The molecule has 0 unspecified atom stereocenters. The molecular formula is C20H15F3O4S3. The van der Waals surface area contributed by atoms with E-state index in [1.807, 2.05) is 0 Å². The molecule has 0 aromatic heterocycles. The van der Waals surface area contributed by atoms with Crippen LogP contribution in [0.2, 0.25) is 0 Å². The highest BCUT2D eigenvalue weighted by Gasteiger charge is 2.54. The van der Waals surface area contributed by atoms with E-state index >= 15 is 0 Å². The van der Waals surface area contributed by atoms with E-state index in [2.05, 4.69) is 0 Å². The largest absolute Gasteiger partial charge is 0.524 e. The second kappa shape index (κ2) is 7.52. The molecule has 30 heavy (non-hydrogen) atoms. The minimum atomic E-state index is -5.91. The van der Waals surface area contributed by atoms with Crippen molar-refractivity contribution in [3.05, 3.63) is 72.8 Å². The first-order chi connectivity index (χ1) is 14.2. The van der Waals surface area contributed by atoms with Crippen LogP contribution in [0.1, 0.15) is 0 Å². The molecule has 0 amide bonds. The van der Waals surface area contributed by atoms with Gasteiger partial charge in [0.25, 0.3) is 0 Å². The Morgan fingerprint density at radius 1 is 0.833 bits per heavy atom. The Morgan fingerprint density at radius 2 is 1.33 bits per heavy atom. The lowest BCUT2D eigenvalue weighted by molar-refractivity contribution is -0.0496. The topological polar surface area (TPSA) is 52.6 Å². The summed E-state index contributed by atoms with van der Waals surface area (Å²) in [6.45, 7) is 0. The quantitative estimate of drug-likeness (QED) is 0.422. The predicted octanol–water partition coefficient (Wildman–Crippen LogP) is 6.22. The van der Waals surface area contributed by atoms with E-state index in [1.165, 1.54) is 18.9 Å². The standard InChI is InChI=1S/C20H15F3O4S3/c1-26-14-10-12-15(13-11-14)29(27-30(24,25)20(21,22)23)18-8-4-2-6-16(18)28-17-7-3-5-9-19(17)29/h2-13H,1H3. The fourth-order valence-corrected chi connectivity index (χ4v) is 9.70. The summed E-state index contributed by atoms with van der Waals surface area (Å²) in [5.74, 6) is 0.485. The van der Waals surface area contributed by atoms with Gasteiger partial charge in [0.05, 0.1) is 7.11 Å². The van der Waals surface area contributed by atoms with Crippen molar-refractivity contribution in [2.75, 3.05) is 7.11 Å². The van der Waals surface area contributed by atoms with Gasteiger partial charge in [-0.25, -0.2) is 0 Å². The molecule has 0 saturated heterocycles. The fourth-order valence-electron chi connectivity index (χ4n) is 3.09. The van der Waals surface area contributed by atoms with Gasteiger partial charge in [-0.1, -0.05) is 36.0 Å². The van der Waals surface area contributed by atoms with E-state index in [4.69, 9.17) is 8.37 Å². The Hall–Kier alpha value is -2.14. The maximum Gasteiger partial charge on any atom is 0.524 e. The molecular weight excluding hydrogens is 457 g/mol. The van der Waals surface area contributed by atoms with Gasteiger partial charge in [0.1, 0.15) is 5.75 Å². The predicted molar refractivity (Wildman–Crippen MR) is 108 cm³/mol. The minimum Gasteiger partial charge on any atom is -0.497 e. The Morgan fingerprint density at radius 3 is 1.80 bits per heavy atom. The van der Waals surface area contributed by atoms with Crippen LogP contribution in [0.15, 0.2) is 97.3 Å². The van der Waals surface area contributed by atoms with Crippen LogP contribution in [0, 0.1) is 0 Å². The molecule has 0 saturated carbocycles. The number of halogens is 3. The monoisotopic (exact) mass is 472 g/mol. The lowest BCUT2D eigenvalue weighted by Gasteiger charge is -2.43. The van der Waals surface area contributed by atoms with Crippen molar-refractivity contribution in [1.82, 2.24) is 0 Å². The third-order valence-electron chi connectivity index (χ3n) is 4.40. The van der Waals surface area contributed by atoms with Gasteiger partial charge in [-0.3, -0.25) is 0 Å². The highest BCUT2D eigenvalue weighted by Crippen LogP contribution is 2.76. The molecule has 1 heterocycles. The van der Waals surface area contributed by atoms with Crippen LogP contribution in [-0.2, 0) is 13.7 Å². The molecule has 0 atom stereocenters. The molecule has 3 aromatic rings. The van der Waals surface area contributed by atoms with Gasteiger partial charge in [0.15, 0.2) is 0 Å². The molecule has 0 fully saturated rings. The summed E-state index contributed by atoms with van der Waals surface area (Å²) in [6, 6.07) is 19.7. The van der Waals surface area contributed by atoms with Crippen LogP contribution in [0.3, 0.4) is 0 Å². The Kier molecular flexibility index (Phi) is 5.29. The molecule has 0 bridgehead atoms. The summed E-state index contributed by atoms with van der Waals surface area (Å²) < 4.78 is 75.2. The first kappa shape index (κ1) is 21.1. The van der Waals surface area contributed by atoms with E-state index in [0.717, 1.165) is 0 Å². The first-order valence-corrected chi connectivity index (χ1v) is 12.3. The lowest BCUT2D eigenvalue weighted by atomic mass is 10.3. The van der Waals surface area contributed by atoms with Crippen LogP contribution in [-0.4, -0.2) is 21.0 Å². The fraction of sp³-hybridized carbons (Fsp3) is 0.100. The zero-order chi connectivity index (χ0) is 21.6. The molecule has 1 aliphatic rings. The summed E-state index contributed by atoms with van der Waals surface area (Å²) in [7, 11) is -7.69. The third-order valence-corrected chi connectivity index (χ3v) is 10.8. The van der Waals surface area contributed by atoms with Gasteiger partial charge >= 0.3 is 15.6 Å².